The molecule has 3 aromatic carbocycles. The molecular weight excluding hydrogens is 380 g/mol. The van der Waals surface area contributed by atoms with Gasteiger partial charge in [0, 0.05) is 22.6 Å². The largest absolute Gasteiger partial charge is 0.482 e. The molecule has 0 fully saturated rings. The van der Waals surface area contributed by atoms with E-state index in [4.69, 9.17) is 9.84 Å². The van der Waals surface area contributed by atoms with E-state index in [1.54, 1.807) is 0 Å². The molecule has 1 N–H and O–H groups in total. The highest BCUT2D eigenvalue weighted by Gasteiger charge is 2.35. The fourth-order valence-corrected chi connectivity index (χ4v) is 3.31. The first kappa shape index (κ1) is 18.1. The first-order chi connectivity index (χ1) is 13.9. The number of hydrogen-bond donors (Lipinski definition) is 1. The van der Waals surface area contributed by atoms with Crippen LogP contribution in [0.2, 0.25) is 0 Å². The maximum Gasteiger partial charge on any atom is 0.341 e. The Kier molecular flexibility index (Phi) is 4.19. The average Bonchev–Trinajstić information content (AvgIpc) is 2.70. The molecule has 1 heterocycles. The number of carboxylic acids is 1. The third-order valence-corrected chi connectivity index (χ3v) is 4.54. The van der Waals surface area contributed by atoms with Gasteiger partial charge in [-0.15, -0.1) is 0 Å². The number of anilines is 1. The highest BCUT2D eigenvalue weighted by atomic mass is 16.6. The topological polar surface area (TPSA) is 127 Å². The minimum Gasteiger partial charge on any atom is -0.482 e. The van der Waals surface area contributed by atoms with Crippen LogP contribution in [0.4, 0.5) is 11.4 Å². The summed E-state index contributed by atoms with van der Waals surface area (Å²) < 4.78 is 5.05. The Hall–Kier alpha value is -4.27. The van der Waals surface area contributed by atoms with E-state index in [9.17, 15) is 24.5 Å². The lowest BCUT2D eigenvalue weighted by atomic mass is 9.93. The predicted molar refractivity (Wildman–Crippen MR) is 101 cm³/mol. The minimum atomic E-state index is -1.13. The van der Waals surface area contributed by atoms with E-state index < -0.39 is 29.3 Å². The molecule has 9 nitrogen and oxygen atoms in total. The molecule has 0 unspecified atom stereocenters. The summed E-state index contributed by atoms with van der Waals surface area (Å²) in [5.41, 5.74) is 0.460. The number of aliphatic carboxylic acids is 1. The molecule has 0 bridgehead atoms. The number of nitrogens with zero attached hydrogens (tertiary/aromatic N) is 2. The normalized spacial score (nSPS) is 12.9. The van der Waals surface area contributed by atoms with E-state index in [0.717, 1.165) is 4.90 Å². The maximum atomic E-state index is 13.0. The zero-order valence-corrected chi connectivity index (χ0v) is 14.7. The molecule has 0 aromatic heterocycles. The van der Waals surface area contributed by atoms with Gasteiger partial charge in [-0.25, -0.2) is 9.69 Å². The van der Waals surface area contributed by atoms with Crippen molar-refractivity contribution in [2.45, 2.75) is 0 Å². The average molecular weight is 392 g/mol. The zero-order valence-electron chi connectivity index (χ0n) is 14.7. The van der Waals surface area contributed by atoms with Crippen molar-refractivity contribution in [2.75, 3.05) is 11.5 Å². The molecule has 0 spiro atoms. The highest BCUT2D eigenvalue weighted by molar-refractivity contribution is 6.36. The van der Waals surface area contributed by atoms with Crippen molar-refractivity contribution in [1.29, 1.82) is 0 Å². The molecule has 2 amide bonds. The molecule has 9 heteroatoms. The third kappa shape index (κ3) is 2.94. The van der Waals surface area contributed by atoms with Crippen molar-refractivity contribution >= 4 is 39.9 Å². The van der Waals surface area contributed by atoms with Gasteiger partial charge in [-0.05, 0) is 42.5 Å². The van der Waals surface area contributed by atoms with Crippen molar-refractivity contribution < 1.29 is 29.2 Å². The van der Waals surface area contributed by atoms with Gasteiger partial charge < -0.3 is 9.84 Å². The lowest BCUT2D eigenvalue weighted by Gasteiger charge is -2.27. The van der Waals surface area contributed by atoms with E-state index in [-0.39, 0.29) is 39.0 Å². The third-order valence-electron chi connectivity index (χ3n) is 4.54. The molecule has 0 saturated heterocycles. The molecule has 0 saturated carbocycles. The Labute approximate surface area is 162 Å². The molecular formula is C20H12N2O7. The summed E-state index contributed by atoms with van der Waals surface area (Å²) >= 11 is 0. The fraction of sp³-hybridized carbons (Fsp3) is 0.0500. The fourth-order valence-electron chi connectivity index (χ4n) is 3.31. The number of amides is 2. The van der Waals surface area contributed by atoms with Gasteiger partial charge in [-0.1, -0.05) is 6.07 Å². The van der Waals surface area contributed by atoms with Crippen LogP contribution in [0.5, 0.6) is 5.75 Å². The Morgan fingerprint density at radius 3 is 2.28 bits per heavy atom. The SMILES string of the molecule is O=C(O)COc1ccc(N2C(=O)c3cccc4c([N+](=O)[O-])ccc(c34)C2=O)cc1. The van der Waals surface area contributed by atoms with Gasteiger partial charge in [0.05, 0.1) is 16.0 Å². The van der Waals surface area contributed by atoms with Crippen molar-refractivity contribution in [2.24, 2.45) is 0 Å². The summed E-state index contributed by atoms with van der Waals surface area (Å²) in [5.74, 6) is -2.07. The summed E-state index contributed by atoms with van der Waals surface area (Å²) in [6, 6.07) is 13.0. The number of carboxylic acid groups (broad SMARTS) is 1. The Morgan fingerprint density at radius 1 is 1.00 bits per heavy atom. The number of hydrogen-bond acceptors (Lipinski definition) is 6. The summed E-state index contributed by atoms with van der Waals surface area (Å²) in [5, 5.41) is 20.4. The van der Waals surface area contributed by atoms with E-state index in [1.807, 2.05) is 0 Å². The van der Waals surface area contributed by atoms with Gasteiger partial charge in [0.15, 0.2) is 6.61 Å². The number of nitro benzene ring substituents is 1. The van der Waals surface area contributed by atoms with Crippen LogP contribution in [0.15, 0.2) is 54.6 Å². The van der Waals surface area contributed by atoms with Crippen LogP contribution in [0.25, 0.3) is 10.8 Å². The lowest BCUT2D eigenvalue weighted by Crippen LogP contribution is -2.40. The highest BCUT2D eigenvalue weighted by Crippen LogP contribution is 2.37. The van der Waals surface area contributed by atoms with Crippen molar-refractivity contribution in [3.63, 3.8) is 0 Å². The number of carbonyl (C=O) groups excluding carboxylic acids is 2. The van der Waals surface area contributed by atoms with Gasteiger partial charge in [0.2, 0.25) is 0 Å². The Bertz CT molecular complexity index is 1180. The summed E-state index contributed by atoms with van der Waals surface area (Å²) in [6.07, 6.45) is 0. The Morgan fingerprint density at radius 2 is 1.66 bits per heavy atom. The second-order valence-electron chi connectivity index (χ2n) is 6.24. The van der Waals surface area contributed by atoms with E-state index in [1.165, 1.54) is 54.6 Å². The van der Waals surface area contributed by atoms with Crippen molar-refractivity contribution in [3.05, 3.63) is 75.8 Å². The van der Waals surface area contributed by atoms with Gasteiger partial charge in [0.25, 0.3) is 17.5 Å². The second-order valence-corrected chi connectivity index (χ2v) is 6.24. The number of rotatable bonds is 5. The molecule has 3 aromatic rings. The van der Waals surface area contributed by atoms with Crippen LogP contribution in [0, 0.1) is 10.1 Å². The predicted octanol–water partition coefficient (Wildman–Crippen LogP) is 3.01. The zero-order chi connectivity index (χ0) is 20.7. The van der Waals surface area contributed by atoms with Crippen LogP contribution < -0.4 is 9.64 Å². The van der Waals surface area contributed by atoms with Gasteiger partial charge >= 0.3 is 5.97 Å². The van der Waals surface area contributed by atoms with E-state index in [2.05, 4.69) is 0 Å². The molecule has 4 rings (SSSR count). The maximum absolute atomic E-state index is 13.0. The van der Waals surface area contributed by atoms with Crippen LogP contribution in [0.3, 0.4) is 0 Å². The molecule has 1 aliphatic rings. The first-order valence-electron chi connectivity index (χ1n) is 8.42. The van der Waals surface area contributed by atoms with E-state index in [0.29, 0.717) is 0 Å². The molecule has 0 atom stereocenters. The number of non-ortho nitro benzene ring substituents is 1. The van der Waals surface area contributed by atoms with Gasteiger partial charge in [-0.3, -0.25) is 19.7 Å². The van der Waals surface area contributed by atoms with Crippen molar-refractivity contribution in [1.82, 2.24) is 0 Å². The molecule has 1 aliphatic heterocycles. The smallest absolute Gasteiger partial charge is 0.341 e. The van der Waals surface area contributed by atoms with Gasteiger partial charge in [0.1, 0.15) is 5.75 Å². The second kappa shape index (κ2) is 6.71. The number of carbonyl (C=O) groups is 3. The van der Waals surface area contributed by atoms with Gasteiger partial charge in [-0.2, -0.15) is 0 Å². The number of nitro groups is 1. The number of ether oxygens (including phenoxy) is 1. The molecule has 0 aliphatic carbocycles. The number of benzene rings is 3. The molecule has 29 heavy (non-hydrogen) atoms. The Balaban J connectivity index is 1.78. The summed E-state index contributed by atoms with van der Waals surface area (Å²) in [6.45, 7) is -0.519. The standard InChI is InChI=1S/C20H12N2O7/c23-17(24)10-29-12-6-4-11(5-7-12)21-19(25)14-3-1-2-13-16(22(27)28)9-8-15(18(13)14)20(21)26/h1-9H,10H2,(H,23,24). The van der Waals surface area contributed by atoms with E-state index >= 15 is 0 Å². The summed E-state index contributed by atoms with van der Waals surface area (Å²) in [7, 11) is 0. The van der Waals surface area contributed by atoms with Crippen LogP contribution in [-0.2, 0) is 4.79 Å². The van der Waals surface area contributed by atoms with Crippen LogP contribution in [0.1, 0.15) is 20.7 Å². The van der Waals surface area contributed by atoms with Crippen LogP contribution in [-0.4, -0.2) is 34.4 Å². The minimum absolute atomic E-state index is 0.181. The quantitative estimate of drug-likeness (QED) is 0.402. The first-order valence-corrected chi connectivity index (χ1v) is 8.42. The van der Waals surface area contributed by atoms with Crippen molar-refractivity contribution in [3.8, 4) is 5.75 Å². The van der Waals surface area contributed by atoms with Crippen LogP contribution >= 0.6 is 0 Å². The summed E-state index contributed by atoms with van der Waals surface area (Å²) in [4.78, 5) is 48.3. The molecule has 144 valence electrons. The number of imide groups is 1. The monoisotopic (exact) mass is 392 g/mol. The lowest BCUT2D eigenvalue weighted by molar-refractivity contribution is -0.383. The molecule has 0 radical (unpaired) electrons.